The maximum atomic E-state index is 13.3. The molecule has 0 saturated carbocycles. The van der Waals surface area contributed by atoms with Crippen LogP contribution in [0.5, 0.6) is 5.75 Å². The third kappa shape index (κ3) is 7.96. The van der Waals surface area contributed by atoms with Gasteiger partial charge in [0.1, 0.15) is 18.2 Å². The number of rotatable bonds is 10. The molecule has 0 amide bonds. The van der Waals surface area contributed by atoms with Gasteiger partial charge in [-0.1, -0.05) is 30.3 Å². The molecule has 0 atom stereocenters. The number of ether oxygens (including phenoxy) is 1. The predicted octanol–water partition coefficient (Wildman–Crippen LogP) is 3.06. The van der Waals surface area contributed by atoms with Crippen LogP contribution >= 0.6 is 0 Å². The van der Waals surface area contributed by atoms with E-state index in [0.29, 0.717) is 19.7 Å². The van der Waals surface area contributed by atoms with Crippen molar-refractivity contribution >= 4 is 5.96 Å². The average Bonchev–Trinajstić information content (AvgIpc) is 2.67. The fourth-order valence-corrected chi connectivity index (χ4v) is 2.64. The van der Waals surface area contributed by atoms with Crippen LogP contribution in [0.3, 0.4) is 0 Å². The summed E-state index contributed by atoms with van der Waals surface area (Å²) >= 11 is 0. The molecule has 0 fully saturated rings. The fraction of sp³-hybridized carbons (Fsp3) is 0.409. The maximum Gasteiger partial charge on any atom is 0.191 e. The highest BCUT2D eigenvalue weighted by Crippen LogP contribution is 2.18. The van der Waals surface area contributed by atoms with Crippen LogP contribution in [0.1, 0.15) is 18.1 Å². The molecule has 2 rings (SSSR count). The topological polar surface area (TPSA) is 48.9 Å². The van der Waals surface area contributed by atoms with Crippen molar-refractivity contribution in [1.29, 1.82) is 0 Å². The van der Waals surface area contributed by atoms with Crippen LogP contribution in [0.15, 0.2) is 53.5 Å². The van der Waals surface area contributed by atoms with E-state index < -0.39 is 0 Å². The lowest BCUT2D eigenvalue weighted by atomic mass is 10.1. The second-order valence-corrected chi connectivity index (χ2v) is 6.76. The first-order chi connectivity index (χ1) is 13.6. The van der Waals surface area contributed by atoms with Crippen LogP contribution in [0.4, 0.5) is 4.39 Å². The Bertz CT molecular complexity index is 749. The molecule has 2 aromatic carbocycles. The van der Waals surface area contributed by atoms with Gasteiger partial charge in [-0.25, -0.2) is 9.38 Å². The van der Waals surface area contributed by atoms with Crippen molar-refractivity contribution in [3.8, 4) is 5.75 Å². The monoisotopic (exact) mass is 386 g/mol. The van der Waals surface area contributed by atoms with Gasteiger partial charge in [0.05, 0.1) is 6.54 Å². The fourth-order valence-electron chi connectivity index (χ4n) is 2.64. The van der Waals surface area contributed by atoms with Gasteiger partial charge in [-0.3, -0.25) is 0 Å². The van der Waals surface area contributed by atoms with E-state index in [0.717, 1.165) is 42.3 Å². The molecule has 0 radical (unpaired) electrons. The smallest absolute Gasteiger partial charge is 0.191 e. The highest BCUT2D eigenvalue weighted by molar-refractivity contribution is 5.79. The molecule has 0 aliphatic heterocycles. The van der Waals surface area contributed by atoms with E-state index in [-0.39, 0.29) is 5.82 Å². The summed E-state index contributed by atoms with van der Waals surface area (Å²) in [6.07, 6.45) is 0.729. The number of nitrogens with zero attached hydrogens (tertiary/aromatic N) is 2. The maximum absolute atomic E-state index is 13.3. The molecular weight excluding hydrogens is 355 g/mol. The number of benzene rings is 2. The Labute approximate surface area is 167 Å². The summed E-state index contributed by atoms with van der Waals surface area (Å²) in [4.78, 5) is 6.76. The van der Waals surface area contributed by atoms with E-state index in [4.69, 9.17) is 4.74 Å². The predicted molar refractivity (Wildman–Crippen MR) is 113 cm³/mol. The van der Waals surface area contributed by atoms with Crippen molar-refractivity contribution in [1.82, 2.24) is 15.5 Å². The number of hydrogen-bond acceptors (Lipinski definition) is 3. The molecule has 2 aromatic rings. The molecule has 0 aromatic heterocycles. The Morgan fingerprint density at radius 1 is 1.11 bits per heavy atom. The number of guanidine groups is 1. The first-order valence-electron chi connectivity index (χ1n) is 9.70. The largest absolute Gasteiger partial charge is 0.492 e. The van der Waals surface area contributed by atoms with Crippen LogP contribution in [0.25, 0.3) is 0 Å². The number of aliphatic imine (C=N–C) groups is 1. The van der Waals surface area contributed by atoms with Crippen molar-refractivity contribution in [2.45, 2.75) is 19.9 Å². The standard InChI is InChI=1S/C22H31FN4O/c1-4-24-22(25-13-12-18-8-7-10-20(23)16-18)26-17-19-9-5-6-11-21(19)28-15-14-27(2)3/h5-11,16H,4,12-15,17H2,1-3H3,(H2,24,25,26). The van der Waals surface area contributed by atoms with E-state index in [1.165, 1.54) is 6.07 Å². The molecular formula is C22H31FN4O. The summed E-state index contributed by atoms with van der Waals surface area (Å²) in [7, 11) is 4.05. The van der Waals surface area contributed by atoms with Crippen LogP contribution in [-0.2, 0) is 13.0 Å². The summed E-state index contributed by atoms with van der Waals surface area (Å²) in [5, 5.41) is 6.55. The lowest BCUT2D eigenvalue weighted by Gasteiger charge is -2.14. The summed E-state index contributed by atoms with van der Waals surface area (Å²) in [6, 6.07) is 14.7. The van der Waals surface area contributed by atoms with Gasteiger partial charge in [-0.15, -0.1) is 0 Å². The lowest BCUT2D eigenvalue weighted by Crippen LogP contribution is -2.38. The van der Waals surface area contributed by atoms with Crippen LogP contribution in [0.2, 0.25) is 0 Å². The number of nitrogens with one attached hydrogen (secondary N) is 2. The highest BCUT2D eigenvalue weighted by Gasteiger charge is 2.04. The van der Waals surface area contributed by atoms with Crippen LogP contribution < -0.4 is 15.4 Å². The van der Waals surface area contributed by atoms with E-state index in [1.807, 2.05) is 51.4 Å². The van der Waals surface area contributed by atoms with Gasteiger partial charge in [0.15, 0.2) is 5.96 Å². The average molecular weight is 387 g/mol. The number of hydrogen-bond donors (Lipinski definition) is 2. The molecule has 28 heavy (non-hydrogen) atoms. The van der Waals surface area contributed by atoms with Crippen molar-refractivity contribution in [3.63, 3.8) is 0 Å². The second kappa shape index (κ2) is 12.0. The second-order valence-electron chi connectivity index (χ2n) is 6.76. The number of halogens is 1. The number of likely N-dealkylation sites (N-methyl/N-ethyl adjacent to an activating group) is 1. The van der Waals surface area contributed by atoms with Crippen molar-refractivity contribution in [2.24, 2.45) is 4.99 Å². The van der Waals surface area contributed by atoms with Gasteiger partial charge < -0.3 is 20.3 Å². The minimum absolute atomic E-state index is 0.205. The summed E-state index contributed by atoms with van der Waals surface area (Å²) in [5.74, 6) is 1.40. The third-order valence-corrected chi connectivity index (χ3v) is 4.12. The number of para-hydroxylation sites is 1. The Morgan fingerprint density at radius 2 is 1.93 bits per heavy atom. The SMILES string of the molecule is CCNC(=NCc1ccccc1OCCN(C)C)NCCc1cccc(F)c1. The molecule has 0 heterocycles. The zero-order valence-corrected chi connectivity index (χ0v) is 17.0. The zero-order valence-electron chi connectivity index (χ0n) is 17.0. The van der Waals surface area contributed by atoms with Gasteiger partial charge >= 0.3 is 0 Å². The summed E-state index contributed by atoms with van der Waals surface area (Å²) in [6.45, 7) is 5.50. The van der Waals surface area contributed by atoms with E-state index in [2.05, 4.69) is 20.5 Å². The van der Waals surface area contributed by atoms with E-state index in [1.54, 1.807) is 12.1 Å². The minimum atomic E-state index is -0.205. The Kier molecular flexibility index (Phi) is 9.28. The van der Waals surface area contributed by atoms with Crippen molar-refractivity contribution < 1.29 is 9.13 Å². The molecule has 0 spiro atoms. The molecule has 2 N–H and O–H groups in total. The molecule has 6 heteroatoms. The minimum Gasteiger partial charge on any atom is -0.492 e. The van der Waals surface area contributed by atoms with Crippen LogP contribution in [0, 0.1) is 5.82 Å². The van der Waals surface area contributed by atoms with Gasteiger partial charge in [0, 0.05) is 25.2 Å². The Balaban J connectivity index is 1.92. The summed E-state index contributed by atoms with van der Waals surface area (Å²) < 4.78 is 19.2. The Morgan fingerprint density at radius 3 is 2.68 bits per heavy atom. The molecule has 152 valence electrons. The quantitative estimate of drug-likeness (QED) is 0.487. The molecule has 0 saturated heterocycles. The Hall–Kier alpha value is -2.60. The van der Waals surface area contributed by atoms with Gasteiger partial charge in [-0.05, 0) is 51.2 Å². The third-order valence-electron chi connectivity index (χ3n) is 4.12. The lowest BCUT2D eigenvalue weighted by molar-refractivity contribution is 0.259. The first kappa shape index (κ1) is 21.7. The molecule has 5 nitrogen and oxygen atoms in total. The first-order valence-corrected chi connectivity index (χ1v) is 9.70. The molecule has 0 aliphatic rings. The summed E-state index contributed by atoms with van der Waals surface area (Å²) in [5.41, 5.74) is 2.01. The highest BCUT2D eigenvalue weighted by atomic mass is 19.1. The van der Waals surface area contributed by atoms with Gasteiger partial charge in [0.25, 0.3) is 0 Å². The van der Waals surface area contributed by atoms with Gasteiger partial charge in [-0.2, -0.15) is 0 Å². The van der Waals surface area contributed by atoms with E-state index >= 15 is 0 Å². The van der Waals surface area contributed by atoms with Gasteiger partial charge in [0.2, 0.25) is 0 Å². The molecule has 0 unspecified atom stereocenters. The normalized spacial score (nSPS) is 11.5. The van der Waals surface area contributed by atoms with Crippen molar-refractivity contribution in [3.05, 3.63) is 65.5 Å². The molecule has 0 aliphatic carbocycles. The van der Waals surface area contributed by atoms with E-state index in [9.17, 15) is 4.39 Å². The van der Waals surface area contributed by atoms with Crippen molar-refractivity contribution in [2.75, 3.05) is 40.3 Å². The molecule has 0 bridgehead atoms. The van der Waals surface area contributed by atoms with Crippen LogP contribution in [-0.4, -0.2) is 51.2 Å². The zero-order chi connectivity index (χ0) is 20.2.